The molecule has 2 aliphatic rings. The molecule has 9 nitrogen and oxygen atoms in total. The molecule has 1 aromatic heterocycles. The number of carbonyl (C=O) groups is 2. The summed E-state index contributed by atoms with van der Waals surface area (Å²) >= 11 is 6.41. The van der Waals surface area contributed by atoms with Crippen LogP contribution >= 0.6 is 11.6 Å². The SMILES string of the molecule is C=CC(=O)N1C[C@H](NC(=O)c2c(C)nc(CN=C(N)c3cc(C(C)(C)C)c(Cl)cc3N)n2C)C2(CC2)C1. The number of benzene rings is 1. The highest BCUT2D eigenvalue weighted by Gasteiger charge is 2.56. The Morgan fingerprint density at radius 2 is 2.03 bits per heavy atom. The Morgan fingerprint density at radius 3 is 2.62 bits per heavy atom. The van der Waals surface area contributed by atoms with Gasteiger partial charge in [-0.25, -0.2) is 4.98 Å². The summed E-state index contributed by atoms with van der Waals surface area (Å²) in [5, 5.41) is 3.75. The Bertz CT molecular complexity index is 1300. The number of imidazole rings is 1. The van der Waals surface area contributed by atoms with E-state index >= 15 is 0 Å². The maximum absolute atomic E-state index is 13.3. The van der Waals surface area contributed by atoms with Crippen LogP contribution in [0.5, 0.6) is 0 Å². The normalized spacial score (nSPS) is 18.8. The van der Waals surface area contributed by atoms with Gasteiger partial charge in [0.25, 0.3) is 5.91 Å². The number of nitrogens with zero attached hydrogens (tertiary/aromatic N) is 4. The van der Waals surface area contributed by atoms with Gasteiger partial charge in [-0.2, -0.15) is 0 Å². The highest BCUT2D eigenvalue weighted by atomic mass is 35.5. The number of halogens is 1. The first-order valence-electron chi connectivity index (χ1n) is 12.4. The topological polar surface area (TPSA) is 132 Å². The summed E-state index contributed by atoms with van der Waals surface area (Å²) in [6.07, 6.45) is 3.31. The second kappa shape index (κ2) is 9.52. The first-order chi connectivity index (χ1) is 17.3. The Hall–Kier alpha value is -3.33. The number of nitrogens with two attached hydrogens (primary N) is 2. The van der Waals surface area contributed by atoms with Gasteiger partial charge < -0.3 is 26.3 Å². The van der Waals surface area contributed by atoms with Gasteiger partial charge >= 0.3 is 0 Å². The van der Waals surface area contributed by atoms with Crippen molar-refractivity contribution in [1.29, 1.82) is 0 Å². The molecule has 1 saturated carbocycles. The first kappa shape index (κ1) is 26.7. The number of hydrogen-bond acceptors (Lipinski definition) is 5. The number of amides is 2. The monoisotopic (exact) mass is 525 g/mol. The van der Waals surface area contributed by atoms with Crippen molar-refractivity contribution in [2.24, 2.45) is 23.2 Å². The lowest BCUT2D eigenvalue weighted by Crippen LogP contribution is -2.42. The molecule has 0 bridgehead atoms. The minimum absolute atomic E-state index is 0.0349. The molecule has 4 rings (SSSR count). The number of aryl methyl sites for hydroxylation is 1. The van der Waals surface area contributed by atoms with E-state index in [0.717, 1.165) is 18.4 Å². The van der Waals surface area contributed by atoms with Crippen LogP contribution in [-0.2, 0) is 23.8 Å². The second-order valence-electron chi connectivity index (χ2n) is 11.2. The minimum Gasteiger partial charge on any atom is -0.398 e. The van der Waals surface area contributed by atoms with Crippen molar-refractivity contribution in [3.63, 3.8) is 0 Å². The van der Waals surface area contributed by atoms with Crippen LogP contribution in [0.15, 0.2) is 29.8 Å². The van der Waals surface area contributed by atoms with E-state index < -0.39 is 0 Å². The fourth-order valence-corrected chi connectivity index (χ4v) is 5.59. The molecule has 0 unspecified atom stereocenters. The van der Waals surface area contributed by atoms with Crippen LogP contribution in [0.25, 0.3) is 0 Å². The van der Waals surface area contributed by atoms with E-state index in [2.05, 4.69) is 42.6 Å². The van der Waals surface area contributed by atoms with E-state index in [1.165, 1.54) is 6.08 Å². The maximum Gasteiger partial charge on any atom is 0.270 e. The smallest absolute Gasteiger partial charge is 0.270 e. The molecular formula is C27H36ClN7O2. The number of likely N-dealkylation sites (tertiary alicyclic amines) is 1. The van der Waals surface area contributed by atoms with E-state index in [-0.39, 0.29) is 41.1 Å². The van der Waals surface area contributed by atoms with Gasteiger partial charge in [0, 0.05) is 41.8 Å². The number of amidine groups is 1. The van der Waals surface area contributed by atoms with Crippen LogP contribution < -0.4 is 16.8 Å². The number of carbonyl (C=O) groups excluding carboxylic acids is 2. The van der Waals surface area contributed by atoms with Gasteiger partial charge in [-0.15, -0.1) is 0 Å². The summed E-state index contributed by atoms with van der Waals surface area (Å²) in [5.41, 5.74) is 15.4. The molecule has 2 fully saturated rings. The Labute approximate surface area is 223 Å². The average molecular weight is 526 g/mol. The van der Waals surface area contributed by atoms with E-state index in [1.54, 1.807) is 29.5 Å². The zero-order valence-corrected chi connectivity index (χ0v) is 22.9. The molecule has 37 heavy (non-hydrogen) atoms. The van der Waals surface area contributed by atoms with Gasteiger partial charge in [0.05, 0.1) is 18.3 Å². The van der Waals surface area contributed by atoms with E-state index in [0.29, 0.717) is 46.6 Å². The lowest BCUT2D eigenvalue weighted by atomic mass is 9.85. The molecule has 2 heterocycles. The fourth-order valence-electron chi connectivity index (χ4n) is 5.14. The van der Waals surface area contributed by atoms with E-state index in [4.69, 9.17) is 23.1 Å². The molecule has 1 aliphatic carbocycles. The van der Waals surface area contributed by atoms with Crippen molar-refractivity contribution in [1.82, 2.24) is 19.8 Å². The van der Waals surface area contributed by atoms with Gasteiger partial charge in [0.2, 0.25) is 5.91 Å². The molecule has 0 radical (unpaired) electrons. The van der Waals surface area contributed by atoms with Crippen LogP contribution in [0.1, 0.15) is 66.7 Å². The van der Waals surface area contributed by atoms with E-state index in [9.17, 15) is 9.59 Å². The molecule has 1 saturated heterocycles. The van der Waals surface area contributed by atoms with Crippen molar-refractivity contribution in [2.75, 3.05) is 18.8 Å². The molecule has 2 amide bonds. The van der Waals surface area contributed by atoms with Crippen LogP contribution in [0.4, 0.5) is 5.69 Å². The summed E-state index contributed by atoms with van der Waals surface area (Å²) in [6, 6.07) is 3.49. The van der Waals surface area contributed by atoms with Crippen LogP contribution in [0.2, 0.25) is 5.02 Å². The lowest BCUT2D eigenvalue weighted by Gasteiger charge is -2.22. The predicted molar refractivity (Wildman–Crippen MR) is 147 cm³/mol. The van der Waals surface area contributed by atoms with Crippen molar-refractivity contribution < 1.29 is 9.59 Å². The number of aromatic nitrogens is 2. The Kier molecular flexibility index (Phi) is 6.88. The lowest BCUT2D eigenvalue weighted by molar-refractivity contribution is -0.125. The fraction of sp³-hybridized carbons (Fsp3) is 0.481. The number of anilines is 1. The molecule has 1 spiro atoms. The minimum atomic E-state index is -0.211. The van der Waals surface area contributed by atoms with Gasteiger partial charge in [0.15, 0.2) is 0 Å². The first-order valence-corrected chi connectivity index (χ1v) is 12.8. The molecule has 1 atom stereocenters. The largest absolute Gasteiger partial charge is 0.398 e. The van der Waals surface area contributed by atoms with Crippen molar-refractivity contribution in [3.8, 4) is 0 Å². The summed E-state index contributed by atoms with van der Waals surface area (Å²) in [6.45, 7) is 12.9. The molecule has 2 aromatic rings. The number of nitrogen functional groups attached to an aromatic ring is 1. The zero-order chi connectivity index (χ0) is 27.3. The van der Waals surface area contributed by atoms with Crippen LogP contribution in [-0.4, -0.2) is 51.2 Å². The number of nitrogens with one attached hydrogen (secondary N) is 1. The Morgan fingerprint density at radius 1 is 1.35 bits per heavy atom. The molecule has 198 valence electrons. The van der Waals surface area contributed by atoms with Gasteiger partial charge in [-0.3, -0.25) is 14.6 Å². The molecule has 1 aromatic carbocycles. The van der Waals surface area contributed by atoms with Crippen LogP contribution in [0, 0.1) is 12.3 Å². The molecular weight excluding hydrogens is 490 g/mol. The third kappa shape index (κ3) is 5.09. The number of hydrogen-bond donors (Lipinski definition) is 3. The van der Waals surface area contributed by atoms with Crippen molar-refractivity contribution in [2.45, 2.75) is 58.5 Å². The number of aliphatic imine (C=N–C) groups is 1. The van der Waals surface area contributed by atoms with Crippen molar-refractivity contribution >= 4 is 34.9 Å². The standard InChI is InChI=1S/C27H36ClN7O2/c1-7-22(36)35-13-20(27(14-35)8-9-27)33-25(37)23-15(2)32-21(34(23)6)12-31-24(30)16-10-17(26(3,4)5)18(28)11-19(16)29/h7,10-11,20H,1,8-9,12-14,29H2,2-6H3,(H2,30,31)(H,33,37)/t20-/m0/s1. The highest BCUT2D eigenvalue weighted by molar-refractivity contribution is 6.32. The molecule has 5 N–H and O–H groups in total. The highest BCUT2D eigenvalue weighted by Crippen LogP contribution is 2.52. The third-order valence-corrected chi connectivity index (χ3v) is 7.84. The van der Waals surface area contributed by atoms with Crippen molar-refractivity contribution in [3.05, 3.63) is 58.1 Å². The van der Waals surface area contributed by atoms with Gasteiger partial charge in [-0.1, -0.05) is 39.0 Å². The summed E-state index contributed by atoms with van der Waals surface area (Å²) < 4.78 is 1.74. The predicted octanol–water partition coefficient (Wildman–Crippen LogP) is 3.07. The Balaban J connectivity index is 1.52. The second-order valence-corrected chi connectivity index (χ2v) is 11.6. The summed E-state index contributed by atoms with van der Waals surface area (Å²) in [4.78, 5) is 36.3. The van der Waals surface area contributed by atoms with Gasteiger partial charge in [-0.05, 0) is 49.0 Å². The zero-order valence-electron chi connectivity index (χ0n) is 22.2. The average Bonchev–Trinajstić information content (AvgIpc) is 3.42. The molecule has 1 aliphatic heterocycles. The molecule has 10 heteroatoms. The summed E-state index contributed by atoms with van der Waals surface area (Å²) in [7, 11) is 1.79. The summed E-state index contributed by atoms with van der Waals surface area (Å²) in [5.74, 6) is 0.565. The number of rotatable bonds is 6. The maximum atomic E-state index is 13.3. The van der Waals surface area contributed by atoms with Crippen LogP contribution in [0.3, 0.4) is 0 Å². The van der Waals surface area contributed by atoms with Gasteiger partial charge in [0.1, 0.15) is 17.4 Å². The third-order valence-electron chi connectivity index (χ3n) is 7.52. The van der Waals surface area contributed by atoms with E-state index in [1.807, 2.05) is 6.07 Å². The quantitative estimate of drug-likeness (QED) is 0.231.